The Bertz CT molecular complexity index is 1180. The maximum absolute atomic E-state index is 13.8. The zero-order valence-electron chi connectivity index (χ0n) is 19.9. The van der Waals surface area contributed by atoms with E-state index < -0.39 is 34.0 Å². The molecule has 3 atom stereocenters. The molecule has 0 aliphatic heterocycles. The molecule has 4 rings (SSSR count). The predicted molar refractivity (Wildman–Crippen MR) is 130 cm³/mol. The van der Waals surface area contributed by atoms with Crippen LogP contribution in [0.2, 0.25) is 0 Å². The van der Waals surface area contributed by atoms with Crippen molar-refractivity contribution in [2.75, 3.05) is 25.1 Å². The zero-order valence-corrected chi connectivity index (χ0v) is 20.7. The molecule has 2 aliphatic carbocycles. The topological polar surface area (TPSA) is 107 Å². The van der Waals surface area contributed by atoms with Gasteiger partial charge in [0.25, 0.3) is 5.91 Å². The number of hydrogen-bond acceptors (Lipinski definition) is 7. The summed E-state index contributed by atoms with van der Waals surface area (Å²) in [5.41, 5.74) is 0.610. The van der Waals surface area contributed by atoms with Crippen molar-refractivity contribution in [1.29, 1.82) is 0 Å². The van der Waals surface area contributed by atoms with Crippen molar-refractivity contribution in [3.63, 3.8) is 0 Å². The molecule has 36 heavy (non-hydrogen) atoms. The lowest BCUT2D eigenvalue weighted by Crippen LogP contribution is -2.16. The van der Waals surface area contributed by atoms with Crippen LogP contribution in [0, 0.1) is 5.92 Å². The number of nitrogens with zero attached hydrogens (tertiary/aromatic N) is 2. The molecule has 1 aromatic heterocycles. The molecule has 8 nitrogen and oxygen atoms in total. The van der Waals surface area contributed by atoms with Crippen LogP contribution in [-0.2, 0) is 19.4 Å². The first-order valence-corrected chi connectivity index (χ1v) is 13.5. The van der Waals surface area contributed by atoms with Crippen molar-refractivity contribution < 1.29 is 31.5 Å². The Kier molecular flexibility index (Phi) is 8.30. The maximum atomic E-state index is 13.8. The fraction of sp³-hybridized carbons (Fsp3) is 0.480. The fourth-order valence-corrected chi connectivity index (χ4v) is 5.69. The second-order valence-corrected chi connectivity index (χ2v) is 11.1. The lowest BCUT2D eigenvalue weighted by atomic mass is 9.98. The van der Waals surface area contributed by atoms with E-state index in [1.54, 1.807) is 6.08 Å². The molecule has 0 bridgehead atoms. The molecule has 1 aromatic carbocycles. The normalized spacial score (nSPS) is 22.4. The molecule has 194 valence electrons. The first-order chi connectivity index (χ1) is 17.3. The van der Waals surface area contributed by atoms with E-state index >= 15 is 0 Å². The Labute approximate surface area is 209 Å². The summed E-state index contributed by atoms with van der Waals surface area (Å²) in [7, 11) is -3.39. The number of carbonyl (C=O) groups is 1. The molecule has 0 saturated heterocycles. The molecule has 0 radical (unpaired) electrons. The third-order valence-corrected chi connectivity index (χ3v) is 8.38. The van der Waals surface area contributed by atoms with Gasteiger partial charge in [-0.2, -0.15) is 0 Å². The van der Waals surface area contributed by atoms with Gasteiger partial charge < -0.3 is 14.8 Å². The smallest absolute Gasteiger partial charge is 0.257 e. The van der Waals surface area contributed by atoms with Gasteiger partial charge in [0.2, 0.25) is 5.88 Å². The lowest BCUT2D eigenvalue weighted by molar-refractivity contribution is -0.111. The van der Waals surface area contributed by atoms with Crippen LogP contribution in [0.3, 0.4) is 0 Å². The quantitative estimate of drug-likeness (QED) is 0.353. The fourth-order valence-electron chi connectivity index (χ4n) is 4.03. The van der Waals surface area contributed by atoms with Crippen molar-refractivity contribution >= 4 is 27.1 Å². The summed E-state index contributed by atoms with van der Waals surface area (Å²) in [6, 6.07) is 6.00. The van der Waals surface area contributed by atoms with Gasteiger partial charge in [0, 0.05) is 12.2 Å². The van der Waals surface area contributed by atoms with Crippen LogP contribution in [-0.4, -0.2) is 61.7 Å². The molecule has 2 fully saturated rings. The van der Waals surface area contributed by atoms with Gasteiger partial charge in [-0.05, 0) is 56.2 Å². The molecule has 0 spiro atoms. The minimum atomic E-state index is -3.39. The van der Waals surface area contributed by atoms with E-state index in [1.807, 2.05) is 6.92 Å². The zero-order chi connectivity index (χ0) is 25.7. The van der Waals surface area contributed by atoms with Crippen LogP contribution in [0.25, 0.3) is 5.57 Å². The first kappa shape index (κ1) is 26.2. The van der Waals surface area contributed by atoms with Gasteiger partial charge in [0.15, 0.2) is 15.7 Å². The highest BCUT2D eigenvalue weighted by Crippen LogP contribution is 2.36. The van der Waals surface area contributed by atoms with Gasteiger partial charge in [-0.25, -0.2) is 27.2 Å². The number of aromatic nitrogens is 2. The third kappa shape index (κ3) is 6.44. The van der Waals surface area contributed by atoms with Gasteiger partial charge >= 0.3 is 0 Å². The first-order valence-electron chi connectivity index (χ1n) is 12.0. The number of nitrogens with one attached hydrogen (secondary N) is 1. The van der Waals surface area contributed by atoms with Crippen molar-refractivity contribution in [3.8, 4) is 5.88 Å². The second-order valence-electron chi connectivity index (χ2n) is 8.85. The van der Waals surface area contributed by atoms with Crippen LogP contribution in [0.15, 0.2) is 47.6 Å². The van der Waals surface area contributed by atoms with Crippen LogP contribution in [0.4, 0.5) is 14.6 Å². The van der Waals surface area contributed by atoms with Crippen LogP contribution < -0.4 is 10.1 Å². The number of ether oxygens (including phenoxy) is 2. The number of amides is 1. The number of carbonyl (C=O) groups excluding carboxylic acids is 1. The number of alkyl halides is 2. The van der Waals surface area contributed by atoms with Crippen molar-refractivity contribution in [2.24, 2.45) is 5.92 Å². The van der Waals surface area contributed by atoms with Gasteiger partial charge in [0.05, 0.1) is 29.1 Å². The summed E-state index contributed by atoms with van der Waals surface area (Å²) >= 11 is 0. The molecule has 1 amide bonds. The standard InChI is InChI=1S/C25H29F2N3O5S/c1-2-34-9-10-35-24-15-28-23(14-29-24)30-25(31)20(11-16-12-21(26)22(27)13-16)17-3-5-18(6-4-17)36(32,33)19-7-8-19/h3-6,11,14-16,19,21-22H,2,7-10,12-13H2,1H3,(H,28,30,31)/t16?,21-,22+. The number of halogens is 2. The molecule has 1 N–H and O–H groups in total. The number of anilines is 1. The lowest BCUT2D eigenvalue weighted by Gasteiger charge is -2.13. The van der Waals surface area contributed by atoms with Gasteiger partial charge in [-0.3, -0.25) is 4.79 Å². The Morgan fingerprint density at radius 1 is 1.08 bits per heavy atom. The van der Waals surface area contributed by atoms with Crippen LogP contribution in [0.5, 0.6) is 5.88 Å². The Balaban J connectivity index is 1.51. The number of rotatable bonds is 11. The Hall–Kier alpha value is -2.92. The Morgan fingerprint density at radius 2 is 1.78 bits per heavy atom. The average Bonchev–Trinajstić information content (AvgIpc) is 3.68. The largest absolute Gasteiger partial charge is 0.474 e. The van der Waals surface area contributed by atoms with Crippen LogP contribution in [0.1, 0.15) is 38.2 Å². The van der Waals surface area contributed by atoms with Crippen LogP contribution >= 0.6 is 0 Å². The minimum absolute atomic E-state index is 0.0281. The molecule has 2 aliphatic rings. The highest BCUT2D eigenvalue weighted by molar-refractivity contribution is 7.92. The highest BCUT2D eigenvalue weighted by Gasteiger charge is 2.37. The molecule has 2 aromatic rings. The number of allylic oxidation sites excluding steroid dienone is 1. The van der Waals surface area contributed by atoms with Crippen molar-refractivity contribution in [3.05, 3.63) is 48.3 Å². The van der Waals surface area contributed by atoms with E-state index in [1.165, 1.54) is 36.7 Å². The molecule has 11 heteroatoms. The maximum Gasteiger partial charge on any atom is 0.257 e. The van der Waals surface area contributed by atoms with Gasteiger partial charge in [0.1, 0.15) is 19.0 Å². The predicted octanol–water partition coefficient (Wildman–Crippen LogP) is 3.94. The monoisotopic (exact) mass is 521 g/mol. The summed E-state index contributed by atoms with van der Waals surface area (Å²) in [5.74, 6) is -0.596. The second kappa shape index (κ2) is 11.4. The summed E-state index contributed by atoms with van der Waals surface area (Å²) in [6.07, 6.45) is 2.31. The molecule has 1 unspecified atom stereocenters. The molecular weight excluding hydrogens is 492 g/mol. The summed E-state index contributed by atoms with van der Waals surface area (Å²) in [6.45, 7) is 3.17. The summed E-state index contributed by atoms with van der Waals surface area (Å²) in [5, 5.41) is 2.29. The van der Waals surface area contributed by atoms with E-state index in [-0.39, 0.29) is 40.3 Å². The highest BCUT2D eigenvalue weighted by atomic mass is 32.2. The average molecular weight is 522 g/mol. The number of hydrogen-bond donors (Lipinski definition) is 1. The SMILES string of the molecule is CCOCCOc1cnc(NC(=O)C(=CC2C[C@@H](F)[C@@H](F)C2)c2ccc(S(=O)(=O)C3CC3)cc2)cn1. The van der Waals surface area contributed by atoms with E-state index in [2.05, 4.69) is 15.3 Å². The molecule has 1 heterocycles. The summed E-state index contributed by atoms with van der Waals surface area (Å²) < 4.78 is 63.2. The van der Waals surface area contributed by atoms with E-state index in [4.69, 9.17) is 9.47 Å². The van der Waals surface area contributed by atoms with Crippen molar-refractivity contribution in [2.45, 2.75) is 55.1 Å². The third-order valence-electron chi connectivity index (χ3n) is 6.10. The van der Waals surface area contributed by atoms with E-state index in [0.29, 0.717) is 38.2 Å². The number of sulfone groups is 1. The van der Waals surface area contributed by atoms with Crippen molar-refractivity contribution in [1.82, 2.24) is 9.97 Å². The Morgan fingerprint density at radius 3 is 2.36 bits per heavy atom. The van der Waals surface area contributed by atoms with Gasteiger partial charge in [-0.15, -0.1) is 0 Å². The van der Waals surface area contributed by atoms with E-state index in [0.717, 1.165) is 0 Å². The minimum Gasteiger partial charge on any atom is -0.474 e. The summed E-state index contributed by atoms with van der Waals surface area (Å²) in [4.78, 5) is 21.6. The van der Waals surface area contributed by atoms with Gasteiger partial charge in [-0.1, -0.05) is 18.2 Å². The van der Waals surface area contributed by atoms with E-state index in [9.17, 15) is 22.0 Å². The molecular formula is C25H29F2N3O5S. The number of benzene rings is 1. The molecule has 2 saturated carbocycles.